The van der Waals surface area contributed by atoms with E-state index in [2.05, 4.69) is 20.8 Å². The molecule has 0 aromatic carbocycles. The van der Waals surface area contributed by atoms with Crippen molar-refractivity contribution in [3.8, 4) is 0 Å². The molecule has 1 aliphatic rings. The van der Waals surface area contributed by atoms with E-state index in [0.29, 0.717) is 25.3 Å². The Kier molecular flexibility index (Phi) is 5.60. The molecule has 116 valence electrons. The molecule has 4 nitrogen and oxygen atoms in total. The second-order valence-corrected chi connectivity index (χ2v) is 7.13. The van der Waals surface area contributed by atoms with Gasteiger partial charge in [-0.3, -0.25) is 4.79 Å². The molecule has 1 fully saturated rings. The van der Waals surface area contributed by atoms with Gasteiger partial charge >= 0.3 is 5.97 Å². The average molecular weight is 283 g/mol. The van der Waals surface area contributed by atoms with Gasteiger partial charge in [-0.15, -0.1) is 0 Å². The number of amides is 1. The minimum absolute atomic E-state index is 0.200. The summed E-state index contributed by atoms with van der Waals surface area (Å²) in [6, 6.07) is 0. The van der Waals surface area contributed by atoms with Crippen LogP contribution in [0.5, 0.6) is 0 Å². The van der Waals surface area contributed by atoms with Crippen LogP contribution >= 0.6 is 0 Å². The Morgan fingerprint density at radius 3 is 2.45 bits per heavy atom. The summed E-state index contributed by atoms with van der Waals surface area (Å²) in [5.41, 5.74) is -0.789. The quantitative estimate of drug-likeness (QED) is 0.622. The van der Waals surface area contributed by atoms with Gasteiger partial charge in [-0.1, -0.05) is 34.1 Å². The van der Waals surface area contributed by atoms with Crippen molar-refractivity contribution in [1.82, 2.24) is 4.90 Å². The Bertz CT molecular complexity index is 348. The number of carboxylic acid groups (broad SMARTS) is 1. The number of carbonyl (C=O) groups excluding carboxylic acids is 1. The third-order valence-corrected chi connectivity index (χ3v) is 4.81. The van der Waals surface area contributed by atoms with Crippen molar-refractivity contribution >= 4 is 12.4 Å². The first-order valence-electron chi connectivity index (χ1n) is 7.73. The minimum atomic E-state index is -0.988. The van der Waals surface area contributed by atoms with Crippen LogP contribution in [0.1, 0.15) is 66.2 Å². The lowest BCUT2D eigenvalue weighted by atomic mass is 9.76. The lowest BCUT2D eigenvalue weighted by Crippen LogP contribution is -2.54. The third kappa shape index (κ3) is 3.53. The molecule has 0 saturated heterocycles. The molecule has 0 aromatic heterocycles. The van der Waals surface area contributed by atoms with E-state index in [4.69, 9.17) is 0 Å². The molecule has 0 aliphatic heterocycles. The zero-order valence-electron chi connectivity index (χ0n) is 13.3. The van der Waals surface area contributed by atoms with Gasteiger partial charge in [0.25, 0.3) is 0 Å². The molecule has 0 aromatic rings. The summed E-state index contributed by atoms with van der Waals surface area (Å²) in [4.78, 5) is 24.7. The van der Waals surface area contributed by atoms with Crippen LogP contribution in [0.2, 0.25) is 0 Å². The fourth-order valence-corrected chi connectivity index (χ4v) is 3.42. The Hall–Kier alpha value is -1.06. The molecule has 1 N–H and O–H groups in total. The van der Waals surface area contributed by atoms with Crippen LogP contribution < -0.4 is 0 Å². The maximum Gasteiger partial charge on any atom is 0.329 e. The zero-order valence-corrected chi connectivity index (χ0v) is 13.3. The van der Waals surface area contributed by atoms with E-state index in [9.17, 15) is 14.7 Å². The highest BCUT2D eigenvalue weighted by atomic mass is 16.4. The molecule has 2 unspecified atom stereocenters. The van der Waals surface area contributed by atoms with Crippen molar-refractivity contribution in [3.05, 3.63) is 0 Å². The number of rotatable bonds is 5. The first-order chi connectivity index (χ1) is 9.28. The number of carbonyl (C=O) groups is 2. The molecule has 1 amide bonds. The largest absolute Gasteiger partial charge is 0.479 e. The van der Waals surface area contributed by atoms with E-state index in [1.807, 2.05) is 6.92 Å². The number of nitrogens with zero attached hydrogens (tertiary/aromatic N) is 1. The van der Waals surface area contributed by atoms with Crippen molar-refractivity contribution in [1.29, 1.82) is 0 Å². The van der Waals surface area contributed by atoms with E-state index >= 15 is 0 Å². The summed E-state index contributed by atoms with van der Waals surface area (Å²) in [6.07, 6.45) is 5.48. The Morgan fingerprint density at radius 1 is 1.35 bits per heavy atom. The maximum atomic E-state index is 11.9. The molecule has 20 heavy (non-hydrogen) atoms. The lowest BCUT2D eigenvalue weighted by molar-refractivity contribution is -0.156. The standard InChI is InChI=1S/C16H29NO3/c1-5-11-17(12-18)16(14(19)20)9-6-7-13(8-10-16)15(2,3)4/h12-13H,5-11H2,1-4H3,(H,19,20). The zero-order chi connectivity index (χ0) is 15.4. The van der Waals surface area contributed by atoms with Crippen LogP contribution in [0, 0.1) is 11.3 Å². The summed E-state index contributed by atoms with van der Waals surface area (Å²) < 4.78 is 0. The number of hydrogen-bond acceptors (Lipinski definition) is 2. The van der Waals surface area contributed by atoms with E-state index in [0.717, 1.165) is 32.1 Å². The monoisotopic (exact) mass is 283 g/mol. The molecule has 1 aliphatic carbocycles. The van der Waals surface area contributed by atoms with Crippen molar-refractivity contribution in [2.24, 2.45) is 11.3 Å². The Morgan fingerprint density at radius 2 is 2.00 bits per heavy atom. The fourth-order valence-electron chi connectivity index (χ4n) is 3.42. The summed E-state index contributed by atoms with van der Waals surface area (Å²) in [5, 5.41) is 9.73. The van der Waals surface area contributed by atoms with Crippen molar-refractivity contribution in [2.45, 2.75) is 71.8 Å². The SMILES string of the molecule is CCCN(C=O)C1(C(=O)O)CCCC(C(C)(C)C)CC1. The molecule has 0 spiro atoms. The van der Waals surface area contributed by atoms with Crippen LogP contribution in [0.25, 0.3) is 0 Å². The number of aliphatic carboxylic acids is 1. The van der Waals surface area contributed by atoms with Crippen molar-refractivity contribution < 1.29 is 14.7 Å². The third-order valence-electron chi connectivity index (χ3n) is 4.81. The predicted molar refractivity (Wildman–Crippen MR) is 79.5 cm³/mol. The van der Waals surface area contributed by atoms with Gasteiger partial charge in [0.15, 0.2) is 0 Å². The van der Waals surface area contributed by atoms with Gasteiger partial charge < -0.3 is 10.0 Å². The van der Waals surface area contributed by atoms with Crippen LogP contribution in [0.4, 0.5) is 0 Å². The van der Waals surface area contributed by atoms with Crippen LogP contribution in [0.15, 0.2) is 0 Å². The molecule has 2 atom stereocenters. The molecular formula is C16H29NO3. The van der Waals surface area contributed by atoms with Gasteiger partial charge in [-0.25, -0.2) is 4.79 Å². The second kappa shape index (κ2) is 6.59. The summed E-state index contributed by atoms with van der Waals surface area (Å²) in [6.45, 7) is 9.15. The van der Waals surface area contributed by atoms with E-state index in [1.54, 1.807) is 0 Å². The summed E-state index contributed by atoms with van der Waals surface area (Å²) in [7, 11) is 0. The molecule has 4 heteroatoms. The van der Waals surface area contributed by atoms with Crippen molar-refractivity contribution in [3.63, 3.8) is 0 Å². The van der Waals surface area contributed by atoms with E-state index in [-0.39, 0.29) is 5.41 Å². The highest BCUT2D eigenvalue weighted by Crippen LogP contribution is 2.41. The van der Waals surface area contributed by atoms with Crippen LogP contribution in [0.3, 0.4) is 0 Å². The maximum absolute atomic E-state index is 11.9. The topological polar surface area (TPSA) is 57.6 Å². The average Bonchev–Trinajstić information content (AvgIpc) is 2.58. The molecular weight excluding hydrogens is 254 g/mol. The Labute approximate surface area is 122 Å². The summed E-state index contributed by atoms with van der Waals surface area (Å²) in [5.74, 6) is -0.313. The van der Waals surface area contributed by atoms with Gasteiger partial charge in [-0.2, -0.15) is 0 Å². The predicted octanol–water partition coefficient (Wildman–Crippen LogP) is 3.30. The second-order valence-electron chi connectivity index (χ2n) is 7.13. The molecule has 0 heterocycles. The minimum Gasteiger partial charge on any atom is -0.479 e. The van der Waals surface area contributed by atoms with E-state index in [1.165, 1.54) is 4.90 Å². The highest BCUT2D eigenvalue weighted by Gasteiger charge is 2.45. The van der Waals surface area contributed by atoms with E-state index < -0.39 is 11.5 Å². The first-order valence-corrected chi connectivity index (χ1v) is 7.73. The Balaban J connectivity index is 2.97. The van der Waals surface area contributed by atoms with Gasteiger partial charge in [0.05, 0.1) is 0 Å². The van der Waals surface area contributed by atoms with Gasteiger partial charge in [0.1, 0.15) is 5.54 Å². The van der Waals surface area contributed by atoms with Crippen molar-refractivity contribution in [2.75, 3.05) is 6.54 Å². The fraction of sp³-hybridized carbons (Fsp3) is 0.875. The lowest BCUT2D eigenvalue weighted by Gasteiger charge is -2.38. The van der Waals surface area contributed by atoms with Crippen LogP contribution in [-0.4, -0.2) is 34.5 Å². The molecule has 0 bridgehead atoms. The smallest absolute Gasteiger partial charge is 0.329 e. The number of carboxylic acids is 1. The highest BCUT2D eigenvalue weighted by molar-refractivity contribution is 5.81. The first kappa shape index (κ1) is 17.0. The molecule has 1 saturated carbocycles. The van der Waals surface area contributed by atoms with Crippen LogP contribution in [-0.2, 0) is 9.59 Å². The van der Waals surface area contributed by atoms with Gasteiger partial charge in [-0.05, 0) is 43.4 Å². The summed E-state index contributed by atoms with van der Waals surface area (Å²) >= 11 is 0. The number of hydrogen-bond donors (Lipinski definition) is 1. The van der Waals surface area contributed by atoms with Gasteiger partial charge in [0, 0.05) is 6.54 Å². The normalized spacial score (nSPS) is 27.7. The molecule has 0 radical (unpaired) electrons. The van der Waals surface area contributed by atoms with Gasteiger partial charge in [0.2, 0.25) is 6.41 Å². The molecule has 1 rings (SSSR count).